The zero-order valence-electron chi connectivity index (χ0n) is 24.8. The molecule has 6 rings (SSSR count). The van der Waals surface area contributed by atoms with Crippen LogP contribution in [0.25, 0.3) is 28.3 Å². The highest BCUT2D eigenvalue weighted by atomic mass is 16.2. The van der Waals surface area contributed by atoms with E-state index in [9.17, 15) is 4.79 Å². The average Bonchev–Trinajstić information content (AvgIpc) is 3.41. The van der Waals surface area contributed by atoms with Crippen LogP contribution in [0.4, 0.5) is 22.1 Å². The minimum Gasteiger partial charge on any atom is -0.335 e. The van der Waals surface area contributed by atoms with E-state index in [-0.39, 0.29) is 12.1 Å². The second-order valence-electron chi connectivity index (χ2n) is 11.4. The minimum atomic E-state index is -0.170. The summed E-state index contributed by atoms with van der Waals surface area (Å²) in [5.74, 6) is 0.508. The number of benzene rings is 2. The number of hydrogen-bond acceptors (Lipinski definition) is 6. The average molecular weight is 575 g/mol. The summed E-state index contributed by atoms with van der Waals surface area (Å²) in [6, 6.07) is 24.1. The maximum atomic E-state index is 12.8. The van der Waals surface area contributed by atoms with E-state index in [0.29, 0.717) is 11.6 Å². The van der Waals surface area contributed by atoms with Crippen molar-refractivity contribution in [3.8, 4) is 22.6 Å². The molecule has 9 nitrogen and oxygen atoms in total. The van der Waals surface area contributed by atoms with Gasteiger partial charge in [0.1, 0.15) is 5.65 Å². The Labute approximate surface area is 252 Å². The number of likely N-dealkylation sites (N-methyl/N-ethyl adjacent to an activating group) is 1. The monoisotopic (exact) mass is 574 g/mol. The summed E-state index contributed by atoms with van der Waals surface area (Å²) in [4.78, 5) is 29.4. The number of aromatic nitrogens is 4. The largest absolute Gasteiger partial charge is 0.335 e. The third-order valence-electron chi connectivity index (χ3n) is 7.79. The Morgan fingerprint density at radius 3 is 2.63 bits per heavy atom. The Bertz CT molecular complexity index is 1710. The van der Waals surface area contributed by atoms with E-state index in [1.165, 1.54) is 24.8 Å². The molecular formula is C34H38N8O. The summed E-state index contributed by atoms with van der Waals surface area (Å²) in [5, 5.41) is 9.54. The normalized spacial score (nSPS) is 13.7. The van der Waals surface area contributed by atoms with E-state index in [0.717, 1.165) is 59.8 Å². The lowest BCUT2D eigenvalue weighted by Gasteiger charge is -2.22. The van der Waals surface area contributed by atoms with Gasteiger partial charge in [0.05, 0.1) is 17.1 Å². The summed E-state index contributed by atoms with van der Waals surface area (Å²) < 4.78 is 2.04. The van der Waals surface area contributed by atoms with Gasteiger partial charge in [-0.15, -0.1) is 0 Å². The number of urea groups is 1. The fraction of sp³-hybridized carbons (Fsp3) is 0.294. The van der Waals surface area contributed by atoms with E-state index in [4.69, 9.17) is 9.97 Å². The fourth-order valence-electron chi connectivity index (χ4n) is 5.62. The summed E-state index contributed by atoms with van der Waals surface area (Å²) in [7, 11) is 4.16. The maximum Gasteiger partial charge on any atom is 0.319 e. The van der Waals surface area contributed by atoms with Crippen LogP contribution in [0.3, 0.4) is 0 Å². The molecule has 1 fully saturated rings. The van der Waals surface area contributed by atoms with Gasteiger partial charge < -0.3 is 20.9 Å². The van der Waals surface area contributed by atoms with Crippen LogP contribution < -0.4 is 16.0 Å². The van der Waals surface area contributed by atoms with Crippen molar-refractivity contribution in [1.82, 2.24) is 29.6 Å². The van der Waals surface area contributed by atoms with Gasteiger partial charge >= 0.3 is 6.03 Å². The molecule has 0 aliphatic heterocycles. The third kappa shape index (κ3) is 7.01. The van der Waals surface area contributed by atoms with Gasteiger partial charge in [-0.05, 0) is 81.4 Å². The molecule has 220 valence electrons. The number of hydrogen-bond donors (Lipinski definition) is 3. The van der Waals surface area contributed by atoms with Crippen molar-refractivity contribution in [2.45, 2.75) is 44.6 Å². The Balaban J connectivity index is 1.28. The molecule has 0 spiro atoms. The molecular weight excluding hydrogens is 536 g/mol. The van der Waals surface area contributed by atoms with Crippen molar-refractivity contribution in [2.24, 2.45) is 0 Å². The first-order chi connectivity index (χ1) is 21.0. The van der Waals surface area contributed by atoms with Gasteiger partial charge in [0, 0.05) is 41.9 Å². The van der Waals surface area contributed by atoms with Crippen LogP contribution in [0.5, 0.6) is 0 Å². The van der Waals surface area contributed by atoms with Crippen LogP contribution in [0.2, 0.25) is 0 Å². The first-order valence-electron chi connectivity index (χ1n) is 15.0. The first-order valence-corrected chi connectivity index (χ1v) is 15.0. The molecule has 5 aromatic rings. The Morgan fingerprint density at radius 2 is 1.77 bits per heavy atom. The van der Waals surface area contributed by atoms with Crippen molar-refractivity contribution in [1.29, 1.82) is 0 Å². The second kappa shape index (κ2) is 13.0. The summed E-state index contributed by atoms with van der Waals surface area (Å²) in [5.41, 5.74) is 6.97. The SMILES string of the molecule is CN(C)CCc1cccc(Nc2nccc(-c3c(-c4cccc(NC(=O)NC5CCCCC5)c4)nc4ccccn34)n2)c1. The molecule has 0 bridgehead atoms. The molecule has 2 amide bonds. The number of carbonyl (C=O) groups is 1. The topological polar surface area (TPSA) is 99.5 Å². The minimum absolute atomic E-state index is 0.170. The molecule has 1 aliphatic rings. The van der Waals surface area contributed by atoms with Gasteiger partial charge in [-0.3, -0.25) is 4.40 Å². The summed E-state index contributed by atoms with van der Waals surface area (Å²) in [6.45, 7) is 0.981. The number of rotatable bonds is 9. The third-order valence-corrected chi connectivity index (χ3v) is 7.79. The number of carbonyl (C=O) groups excluding carboxylic acids is 1. The maximum absolute atomic E-state index is 12.8. The molecule has 0 saturated heterocycles. The van der Waals surface area contributed by atoms with Crippen LogP contribution in [0.1, 0.15) is 37.7 Å². The summed E-state index contributed by atoms with van der Waals surface area (Å²) >= 11 is 0. The zero-order valence-corrected chi connectivity index (χ0v) is 24.8. The van der Waals surface area contributed by atoms with Gasteiger partial charge in [-0.1, -0.05) is 49.6 Å². The number of imidazole rings is 1. The molecule has 3 N–H and O–H groups in total. The highest BCUT2D eigenvalue weighted by Gasteiger charge is 2.19. The molecule has 1 saturated carbocycles. The predicted molar refractivity (Wildman–Crippen MR) is 173 cm³/mol. The molecule has 2 aromatic carbocycles. The number of fused-ring (bicyclic) bond motifs is 1. The van der Waals surface area contributed by atoms with Crippen LogP contribution in [-0.2, 0) is 6.42 Å². The van der Waals surface area contributed by atoms with Crippen LogP contribution >= 0.6 is 0 Å². The predicted octanol–water partition coefficient (Wildman–Crippen LogP) is 6.76. The lowest BCUT2D eigenvalue weighted by atomic mass is 9.96. The molecule has 3 heterocycles. The molecule has 0 unspecified atom stereocenters. The highest BCUT2D eigenvalue weighted by molar-refractivity contribution is 5.91. The van der Waals surface area contributed by atoms with E-state index in [1.807, 2.05) is 65.2 Å². The van der Waals surface area contributed by atoms with Gasteiger partial charge in [-0.2, -0.15) is 0 Å². The van der Waals surface area contributed by atoms with Gasteiger partial charge in [0.2, 0.25) is 5.95 Å². The number of anilines is 3. The lowest BCUT2D eigenvalue weighted by molar-refractivity contribution is 0.244. The van der Waals surface area contributed by atoms with E-state index >= 15 is 0 Å². The molecule has 1 aliphatic carbocycles. The molecule has 0 atom stereocenters. The molecule has 3 aromatic heterocycles. The van der Waals surface area contributed by atoms with Crippen molar-refractivity contribution in [3.63, 3.8) is 0 Å². The zero-order chi connectivity index (χ0) is 29.6. The summed E-state index contributed by atoms with van der Waals surface area (Å²) in [6.07, 6.45) is 10.4. The number of pyridine rings is 1. The highest BCUT2D eigenvalue weighted by Crippen LogP contribution is 2.33. The standard InChI is InChI=1S/C34H38N8O/c1-41(2)21-18-24-10-8-14-27(22-24)36-33-35-19-17-29(39-33)32-31(40-30-16-6-7-20-42(30)32)25-11-9-15-28(23-25)38-34(43)37-26-12-4-3-5-13-26/h6-11,14-17,19-20,22-23,26H,3-5,12-13,18,21H2,1-2H3,(H,35,36,39)(H2,37,38,43). The van der Waals surface area contributed by atoms with Crippen LogP contribution in [0.15, 0.2) is 85.2 Å². The van der Waals surface area contributed by atoms with Crippen molar-refractivity contribution < 1.29 is 4.79 Å². The van der Waals surface area contributed by atoms with Crippen LogP contribution in [0, 0.1) is 0 Å². The molecule has 43 heavy (non-hydrogen) atoms. The lowest BCUT2D eigenvalue weighted by Crippen LogP contribution is -2.39. The van der Waals surface area contributed by atoms with Gasteiger partial charge in [-0.25, -0.2) is 19.7 Å². The quantitative estimate of drug-likeness (QED) is 0.180. The molecule has 0 radical (unpaired) electrons. The number of amides is 2. The number of nitrogens with one attached hydrogen (secondary N) is 3. The van der Waals surface area contributed by atoms with Crippen molar-refractivity contribution in [3.05, 3.63) is 90.8 Å². The first kappa shape index (κ1) is 28.4. The van der Waals surface area contributed by atoms with E-state index in [2.05, 4.69) is 58.1 Å². The Morgan fingerprint density at radius 1 is 0.930 bits per heavy atom. The smallest absolute Gasteiger partial charge is 0.319 e. The van der Waals surface area contributed by atoms with Crippen molar-refractivity contribution >= 4 is 29.0 Å². The van der Waals surface area contributed by atoms with Crippen LogP contribution in [-0.4, -0.2) is 57.0 Å². The second-order valence-corrected chi connectivity index (χ2v) is 11.4. The number of nitrogens with zero attached hydrogens (tertiary/aromatic N) is 5. The van der Waals surface area contributed by atoms with Gasteiger partial charge in [0.25, 0.3) is 0 Å². The van der Waals surface area contributed by atoms with E-state index < -0.39 is 0 Å². The van der Waals surface area contributed by atoms with Gasteiger partial charge in [0.15, 0.2) is 0 Å². The van der Waals surface area contributed by atoms with E-state index in [1.54, 1.807) is 6.20 Å². The molecule has 9 heteroatoms. The Hall–Kier alpha value is -4.76. The fourth-order valence-corrected chi connectivity index (χ4v) is 5.62. The van der Waals surface area contributed by atoms with Crippen molar-refractivity contribution in [2.75, 3.05) is 31.3 Å². The Kier molecular flexibility index (Phi) is 8.60.